The van der Waals surface area contributed by atoms with Gasteiger partial charge in [0.1, 0.15) is 6.04 Å². The van der Waals surface area contributed by atoms with Gasteiger partial charge in [-0.1, -0.05) is 18.2 Å². The third kappa shape index (κ3) is 4.26. The van der Waals surface area contributed by atoms with E-state index in [1.165, 1.54) is 31.4 Å². The Bertz CT molecular complexity index is 618. The van der Waals surface area contributed by atoms with E-state index in [0.29, 0.717) is 6.04 Å². The Hall–Kier alpha value is -2.07. The minimum atomic E-state index is 0.582. The van der Waals surface area contributed by atoms with Crippen LogP contribution in [-0.4, -0.2) is 31.8 Å². The summed E-state index contributed by atoms with van der Waals surface area (Å²) in [4.78, 5) is 5.96. The van der Waals surface area contributed by atoms with E-state index in [9.17, 15) is 0 Å². The molecule has 1 aromatic carbocycles. The summed E-state index contributed by atoms with van der Waals surface area (Å²) in [6.07, 6.45) is 8.83. The van der Waals surface area contributed by atoms with Gasteiger partial charge in [0.05, 0.1) is 26.8 Å². The van der Waals surface area contributed by atoms with Crippen LogP contribution in [0.4, 0.5) is 0 Å². The number of benzene rings is 1. The van der Waals surface area contributed by atoms with E-state index in [0.717, 1.165) is 31.1 Å². The third-order valence-electron chi connectivity index (χ3n) is 4.79. The third-order valence-corrected chi connectivity index (χ3v) is 4.79. The number of nitrogens with one attached hydrogen (secondary N) is 1. The molecule has 128 valence electrons. The fraction of sp³-hybridized carbons (Fsp3) is 0.450. The zero-order chi connectivity index (χ0) is 16.6. The summed E-state index contributed by atoms with van der Waals surface area (Å²) in [5.41, 5.74) is 1.37. The van der Waals surface area contributed by atoms with Crippen molar-refractivity contribution in [1.29, 1.82) is 0 Å². The second-order valence-electron chi connectivity index (χ2n) is 6.35. The lowest BCUT2D eigenvalue weighted by molar-refractivity contribution is -0.937. The Labute approximate surface area is 144 Å². The molecule has 2 aromatic rings. The van der Waals surface area contributed by atoms with Crippen LogP contribution in [0.25, 0.3) is 0 Å². The molecule has 1 fully saturated rings. The quantitative estimate of drug-likeness (QED) is 0.794. The molecule has 0 aliphatic carbocycles. The molecule has 1 saturated heterocycles. The first kappa shape index (κ1) is 16.8. The van der Waals surface area contributed by atoms with Gasteiger partial charge in [-0.15, -0.1) is 0 Å². The minimum Gasteiger partial charge on any atom is -0.493 e. The molecule has 1 N–H and O–H groups in total. The van der Waals surface area contributed by atoms with Crippen molar-refractivity contribution in [2.75, 3.05) is 26.8 Å². The number of rotatable bonds is 7. The lowest BCUT2D eigenvalue weighted by Gasteiger charge is -2.32. The van der Waals surface area contributed by atoms with E-state index in [-0.39, 0.29) is 0 Å². The second kappa shape index (κ2) is 8.69. The van der Waals surface area contributed by atoms with Crippen LogP contribution in [-0.2, 0) is 0 Å². The molecule has 2 atom stereocenters. The van der Waals surface area contributed by atoms with Gasteiger partial charge in [-0.2, -0.15) is 0 Å². The molecule has 0 radical (unpaired) electrons. The van der Waals surface area contributed by atoms with E-state index in [4.69, 9.17) is 9.47 Å². The highest BCUT2D eigenvalue weighted by Gasteiger charge is 2.27. The minimum absolute atomic E-state index is 0.582. The van der Waals surface area contributed by atoms with Gasteiger partial charge in [0, 0.05) is 30.8 Å². The Kier molecular flexibility index (Phi) is 6.07. The van der Waals surface area contributed by atoms with Crippen LogP contribution in [0.15, 0.2) is 48.8 Å². The Balaban J connectivity index is 1.51. The highest BCUT2D eigenvalue weighted by atomic mass is 16.5. The van der Waals surface area contributed by atoms with Crippen LogP contribution in [0.5, 0.6) is 11.5 Å². The number of methoxy groups -OCH3 is 1. The molecule has 3 rings (SSSR count). The predicted octanol–water partition coefficient (Wildman–Crippen LogP) is 2.67. The van der Waals surface area contributed by atoms with Crippen LogP contribution in [0.1, 0.15) is 37.3 Å². The largest absolute Gasteiger partial charge is 0.493 e. The second-order valence-corrected chi connectivity index (χ2v) is 6.35. The van der Waals surface area contributed by atoms with Crippen molar-refractivity contribution in [3.63, 3.8) is 0 Å². The SMILES string of the molecule is COc1ccccc1OCCC[NH+]1CCCC[C@H]1c1cccnc1. The van der Waals surface area contributed by atoms with Crippen LogP contribution >= 0.6 is 0 Å². The van der Waals surface area contributed by atoms with E-state index < -0.39 is 0 Å². The molecule has 1 aliphatic rings. The van der Waals surface area contributed by atoms with E-state index in [1.807, 2.05) is 42.7 Å². The molecule has 1 unspecified atom stereocenters. The van der Waals surface area contributed by atoms with Crippen molar-refractivity contribution in [3.8, 4) is 11.5 Å². The Morgan fingerprint density at radius 1 is 1.12 bits per heavy atom. The molecular weight excluding hydrogens is 300 g/mol. The maximum Gasteiger partial charge on any atom is 0.161 e. The molecule has 24 heavy (non-hydrogen) atoms. The number of ether oxygens (including phenoxy) is 2. The maximum absolute atomic E-state index is 5.91. The monoisotopic (exact) mass is 327 g/mol. The molecule has 1 aromatic heterocycles. The number of pyridine rings is 1. The smallest absolute Gasteiger partial charge is 0.161 e. The molecule has 0 spiro atoms. The average molecular weight is 327 g/mol. The van der Waals surface area contributed by atoms with Crippen molar-refractivity contribution < 1.29 is 14.4 Å². The maximum atomic E-state index is 5.91. The van der Waals surface area contributed by atoms with Crippen molar-refractivity contribution in [3.05, 3.63) is 54.4 Å². The van der Waals surface area contributed by atoms with Gasteiger partial charge in [-0.25, -0.2) is 0 Å². The van der Waals surface area contributed by atoms with Crippen LogP contribution < -0.4 is 14.4 Å². The first-order valence-electron chi connectivity index (χ1n) is 8.89. The number of aromatic nitrogens is 1. The Morgan fingerprint density at radius 3 is 2.79 bits per heavy atom. The van der Waals surface area contributed by atoms with Gasteiger partial charge in [-0.3, -0.25) is 4.98 Å². The van der Waals surface area contributed by atoms with Crippen LogP contribution in [0.3, 0.4) is 0 Å². The Morgan fingerprint density at radius 2 is 2.00 bits per heavy atom. The lowest BCUT2D eigenvalue weighted by atomic mass is 9.96. The fourth-order valence-corrected chi connectivity index (χ4v) is 3.58. The van der Waals surface area contributed by atoms with Gasteiger partial charge >= 0.3 is 0 Å². The number of para-hydroxylation sites is 2. The van der Waals surface area contributed by atoms with Crippen molar-refractivity contribution in [2.45, 2.75) is 31.7 Å². The summed E-state index contributed by atoms with van der Waals surface area (Å²) in [6.45, 7) is 3.10. The van der Waals surface area contributed by atoms with E-state index in [1.54, 1.807) is 12.0 Å². The summed E-state index contributed by atoms with van der Waals surface area (Å²) in [5.74, 6) is 1.63. The number of hydrogen-bond acceptors (Lipinski definition) is 3. The zero-order valence-electron chi connectivity index (χ0n) is 14.4. The fourth-order valence-electron chi connectivity index (χ4n) is 3.58. The highest BCUT2D eigenvalue weighted by Crippen LogP contribution is 2.25. The highest BCUT2D eigenvalue weighted by molar-refractivity contribution is 5.39. The molecule has 4 heteroatoms. The van der Waals surface area contributed by atoms with Crippen molar-refractivity contribution in [1.82, 2.24) is 4.98 Å². The van der Waals surface area contributed by atoms with Gasteiger partial charge in [0.25, 0.3) is 0 Å². The van der Waals surface area contributed by atoms with Gasteiger partial charge in [-0.05, 0) is 31.0 Å². The van der Waals surface area contributed by atoms with Gasteiger partial charge < -0.3 is 14.4 Å². The molecule has 0 saturated carbocycles. The summed E-state index contributed by atoms with van der Waals surface area (Å²) < 4.78 is 11.2. The van der Waals surface area contributed by atoms with Crippen molar-refractivity contribution in [2.24, 2.45) is 0 Å². The first-order valence-corrected chi connectivity index (χ1v) is 8.89. The summed E-state index contributed by atoms with van der Waals surface area (Å²) in [5, 5.41) is 0. The average Bonchev–Trinajstić information content (AvgIpc) is 2.66. The number of piperidine rings is 1. The summed E-state index contributed by atoms with van der Waals surface area (Å²) in [6, 6.07) is 12.7. The molecule has 1 aliphatic heterocycles. The lowest BCUT2D eigenvalue weighted by Crippen LogP contribution is -3.13. The summed E-state index contributed by atoms with van der Waals surface area (Å²) in [7, 11) is 1.68. The van der Waals surface area contributed by atoms with E-state index in [2.05, 4.69) is 11.1 Å². The molecule has 4 nitrogen and oxygen atoms in total. The number of hydrogen-bond donors (Lipinski definition) is 1. The molecule has 0 bridgehead atoms. The predicted molar refractivity (Wildman–Crippen MR) is 94.6 cm³/mol. The van der Waals surface area contributed by atoms with Crippen LogP contribution in [0, 0.1) is 0 Å². The molecule has 0 amide bonds. The van der Waals surface area contributed by atoms with Gasteiger partial charge in [0.2, 0.25) is 0 Å². The number of nitrogens with zero attached hydrogens (tertiary/aromatic N) is 1. The topological polar surface area (TPSA) is 35.8 Å². The summed E-state index contributed by atoms with van der Waals surface area (Å²) >= 11 is 0. The van der Waals surface area contributed by atoms with E-state index >= 15 is 0 Å². The normalized spacial score (nSPS) is 20.5. The molecular formula is C20H27N2O2+. The molecule has 2 heterocycles. The number of likely N-dealkylation sites (tertiary alicyclic amines) is 1. The standard InChI is InChI=1S/C20H26N2O2/c1-23-19-10-2-3-11-20(19)24-15-7-14-22-13-5-4-9-18(22)17-8-6-12-21-16-17/h2-3,6,8,10-12,16,18H,4-5,7,9,13-15H2,1H3/p+1/t18-/m0/s1. The van der Waals surface area contributed by atoms with Crippen molar-refractivity contribution >= 4 is 0 Å². The number of quaternary nitrogens is 1. The first-order chi connectivity index (χ1) is 11.9. The zero-order valence-corrected chi connectivity index (χ0v) is 14.4. The van der Waals surface area contributed by atoms with Crippen LogP contribution in [0.2, 0.25) is 0 Å². The van der Waals surface area contributed by atoms with Gasteiger partial charge in [0.15, 0.2) is 11.5 Å².